The van der Waals surface area contributed by atoms with Crippen molar-refractivity contribution in [1.82, 2.24) is 15.5 Å². The van der Waals surface area contributed by atoms with Crippen LogP contribution in [0.5, 0.6) is 5.75 Å². The predicted octanol–water partition coefficient (Wildman–Crippen LogP) is 3.02. The number of aliphatic imine (C=N–C) groups is 2. The van der Waals surface area contributed by atoms with E-state index in [1.807, 2.05) is 55.5 Å². The number of fused-ring (bicyclic) bond motifs is 3. The summed E-state index contributed by atoms with van der Waals surface area (Å²) < 4.78 is 10.2. The van der Waals surface area contributed by atoms with Crippen LogP contribution in [0.3, 0.4) is 0 Å². The second kappa shape index (κ2) is 13.4. The number of benzene rings is 2. The Hall–Kier alpha value is -3.70. The lowest BCUT2D eigenvalue weighted by Gasteiger charge is -2.32. The van der Waals surface area contributed by atoms with E-state index in [0.29, 0.717) is 54.8 Å². The van der Waals surface area contributed by atoms with Gasteiger partial charge in [0.25, 0.3) is 5.91 Å². The largest absolute Gasteiger partial charge is 0.497 e. The zero-order valence-electron chi connectivity index (χ0n) is 22.3. The van der Waals surface area contributed by atoms with Crippen LogP contribution >= 0.6 is 11.8 Å². The Bertz CT molecular complexity index is 1260. The molecule has 2 aliphatic heterocycles. The van der Waals surface area contributed by atoms with E-state index in [9.17, 15) is 14.4 Å². The standard InChI is InChI=1S/C28H33N5O5S/c1-4-23(27(36)29-14-7-15-37-2)39-28-31-21-9-6-5-8-20(21)25-32-26(35)22(33(25)28)16-24(34)30-17-18-10-12-19(38-3)13-11-18/h5-6,8-13,22-23H,4,7,14-17H2,1-3H3,(H,29,36)(H,30,34). The van der Waals surface area contributed by atoms with E-state index in [0.717, 1.165) is 11.3 Å². The van der Waals surface area contributed by atoms with Gasteiger partial charge in [0, 0.05) is 32.4 Å². The first-order valence-corrected chi connectivity index (χ1v) is 13.8. The van der Waals surface area contributed by atoms with Crippen LogP contribution in [-0.2, 0) is 25.7 Å². The number of carbonyl (C=O) groups is 3. The smallest absolute Gasteiger partial charge is 0.271 e. The van der Waals surface area contributed by atoms with Gasteiger partial charge >= 0.3 is 0 Å². The fourth-order valence-electron chi connectivity index (χ4n) is 4.27. The molecular formula is C28H33N5O5S. The number of carbonyl (C=O) groups excluding carboxylic acids is 3. The molecule has 2 aromatic rings. The molecule has 4 rings (SSSR count). The zero-order valence-corrected chi connectivity index (χ0v) is 23.1. The van der Waals surface area contributed by atoms with Gasteiger partial charge in [-0.05, 0) is 42.7 Å². The van der Waals surface area contributed by atoms with E-state index in [1.165, 1.54) is 11.8 Å². The molecule has 0 saturated carbocycles. The van der Waals surface area contributed by atoms with Crippen molar-refractivity contribution in [3.05, 3.63) is 59.7 Å². The van der Waals surface area contributed by atoms with Gasteiger partial charge in [0.15, 0.2) is 5.17 Å². The summed E-state index contributed by atoms with van der Waals surface area (Å²) in [7, 11) is 3.22. The average molecular weight is 552 g/mol. The van der Waals surface area contributed by atoms with Crippen molar-refractivity contribution in [3.63, 3.8) is 0 Å². The number of methoxy groups -OCH3 is 2. The molecule has 39 heavy (non-hydrogen) atoms. The van der Waals surface area contributed by atoms with Crippen LogP contribution < -0.4 is 15.4 Å². The molecule has 206 valence electrons. The molecule has 2 unspecified atom stereocenters. The van der Waals surface area contributed by atoms with Crippen LogP contribution in [0.4, 0.5) is 5.69 Å². The topological polar surface area (TPSA) is 122 Å². The Kier molecular flexibility index (Phi) is 9.72. The van der Waals surface area contributed by atoms with Crippen LogP contribution in [-0.4, -0.2) is 72.3 Å². The highest BCUT2D eigenvalue weighted by Gasteiger charge is 2.43. The average Bonchev–Trinajstić information content (AvgIpc) is 3.28. The maximum Gasteiger partial charge on any atom is 0.271 e. The number of hydrogen-bond acceptors (Lipinski definition) is 8. The van der Waals surface area contributed by atoms with Crippen molar-refractivity contribution in [2.45, 2.75) is 44.0 Å². The number of thioether (sulfide) groups is 1. The number of hydrogen-bond donors (Lipinski definition) is 2. The normalized spacial score (nSPS) is 16.5. The van der Waals surface area contributed by atoms with Crippen LogP contribution in [0, 0.1) is 0 Å². The van der Waals surface area contributed by atoms with Gasteiger partial charge in [-0.25, -0.2) is 4.99 Å². The van der Waals surface area contributed by atoms with E-state index in [2.05, 4.69) is 15.6 Å². The second-order valence-electron chi connectivity index (χ2n) is 9.05. The fourth-order valence-corrected chi connectivity index (χ4v) is 5.36. The number of ether oxygens (including phenoxy) is 2. The monoisotopic (exact) mass is 551 g/mol. The molecular weight excluding hydrogens is 518 g/mol. The highest BCUT2D eigenvalue weighted by atomic mass is 32.2. The summed E-state index contributed by atoms with van der Waals surface area (Å²) >= 11 is 1.28. The highest BCUT2D eigenvalue weighted by Crippen LogP contribution is 2.36. The van der Waals surface area contributed by atoms with Crippen LogP contribution in [0.25, 0.3) is 0 Å². The lowest BCUT2D eigenvalue weighted by atomic mass is 10.1. The highest BCUT2D eigenvalue weighted by molar-refractivity contribution is 8.15. The Morgan fingerprint density at radius 2 is 1.85 bits per heavy atom. The minimum Gasteiger partial charge on any atom is -0.497 e. The number of amides is 3. The second-order valence-corrected chi connectivity index (χ2v) is 10.2. The van der Waals surface area contributed by atoms with Gasteiger partial charge in [-0.3, -0.25) is 19.3 Å². The molecule has 3 amide bonds. The van der Waals surface area contributed by atoms with E-state index in [1.54, 1.807) is 19.1 Å². The summed E-state index contributed by atoms with van der Waals surface area (Å²) in [5.74, 6) is 0.378. The van der Waals surface area contributed by atoms with Gasteiger partial charge in [-0.2, -0.15) is 4.99 Å². The summed E-state index contributed by atoms with van der Waals surface area (Å²) in [5.41, 5.74) is 2.29. The predicted molar refractivity (Wildman–Crippen MR) is 151 cm³/mol. The molecule has 10 nitrogen and oxygen atoms in total. The van der Waals surface area contributed by atoms with Gasteiger partial charge in [-0.1, -0.05) is 43.0 Å². The lowest BCUT2D eigenvalue weighted by molar-refractivity contribution is -0.126. The molecule has 0 aliphatic carbocycles. The van der Waals surface area contributed by atoms with Gasteiger partial charge in [0.05, 0.1) is 24.5 Å². The molecule has 0 saturated heterocycles. The molecule has 2 aromatic carbocycles. The van der Waals surface area contributed by atoms with E-state index in [4.69, 9.17) is 14.5 Å². The maximum atomic E-state index is 13.1. The quantitative estimate of drug-likeness (QED) is 0.389. The number of rotatable bonds is 12. The molecule has 0 spiro atoms. The van der Waals surface area contributed by atoms with E-state index < -0.39 is 17.2 Å². The molecule has 0 bridgehead atoms. The summed E-state index contributed by atoms with van der Waals surface area (Å²) in [4.78, 5) is 49.8. The minimum atomic E-state index is -0.849. The molecule has 2 aliphatic rings. The molecule has 2 heterocycles. The summed E-state index contributed by atoms with van der Waals surface area (Å²) in [5, 5.41) is 5.88. The minimum absolute atomic E-state index is 0.0935. The van der Waals surface area contributed by atoms with E-state index in [-0.39, 0.29) is 18.2 Å². The Balaban J connectivity index is 1.49. The lowest BCUT2D eigenvalue weighted by Crippen LogP contribution is -2.47. The SMILES string of the molecule is CCC(SC1=Nc2ccccc2C2=NC(=O)C(CC(=O)NCc3ccc(OC)cc3)N12)C(=O)NCCCOC. The van der Waals surface area contributed by atoms with Crippen molar-refractivity contribution in [1.29, 1.82) is 0 Å². The summed E-state index contributed by atoms with van der Waals surface area (Å²) in [6.45, 7) is 3.31. The summed E-state index contributed by atoms with van der Waals surface area (Å²) in [6, 6.07) is 14.0. The molecule has 0 fully saturated rings. The van der Waals surface area contributed by atoms with Gasteiger partial charge < -0.3 is 20.1 Å². The van der Waals surface area contributed by atoms with Crippen molar-refractivity contribution < 1.29 is 23.9 Å². The van der Waals surface area contributed by atoms with Gasteiger partial charge in [-0.15, -0.1) is 0 Å². The first-order valence-electron chi connectivity index (χ1n) is 12.9. The third-order valence-corrected chi connectivity index (χ3v) is 7.70. The van der Waals surface area contributed by atoms with Crippen molar-refractivity contribution in [2.24, 2.45) is 9.98 Å². The van der Waals surface area contributed by atoms with Crippen LogP contribution in [0.15, 0.2) is 58.5 Å². The van der Waals surface area contributed by atoms with Crippen molar-refractivity contribution >= 4 is 46.2 Å². The zero-order chi connectivity index (χ0) is 27.8. The van der Waals surface area contributed by atoms with Crippen LogP contribution in [0.1, 0.15) is 37.3 Å². The number of nitrogens with one attached hydrogen (secondary N) is 2. The Labute approximate surface area is 232 Å². The Morgan fingerprint density at radius 3 is 2.56 bits per heavy atom. The molecule has 2 N–H and O–H groups in total. The third kappa shape index (κ3) is 6.85. The molecule has 2 atom stereocenters. The molecule has 0 radical (unpaired) electrons. The fraction of sp³-hybridized carbons (Fsp3) is 0.393. The first kappa shape index (κ1) is 28.3. The van der Waals surface area contributed by atoms with Crippen molar-refractivity contribution in [2.75, 3.05) is 27.4 Å². The Morgan fingerprint density at radius 1 is 1.08 bits per heavy atom. The van der Waals surface area contributed by atoms with Gasteiger partial charge in [0.2, 0.25) is 11.8 Å². The third-order valence-electron chi connectivity index (χ3n) is 6.37. The van der Waals surface area contributed by atoms with E-state index >= 15 is 0 Å². The number of nitrogens with zero attached hydrogens (tertiary/aromatic N) is 3. The number of para-hydroxylation sites is 1. The first-order chi connectivity index (χ1) is 18.9. The molecule has 11 heteroatoms. The van der Waals surface area contributed by atoms with Gasteiger partial charge in [0.1, 0.15) is 17.6 Å². The molecule has 0 aromatic heterocycles. The van der Waals surface area contributed by atoms with Crippen molar-refractivity contribution in [3.8, 4) is 5.75 Å². The maximum absolute atomic E-state index is 13.1. The number of amidine groups is 2. The van der Waals surface area contributed by atoms with Crippen LogP contribution in [0.2, 0.25) is 0 Å². The summed E-state index contributed by atoms with van der Waals surface area (Å²) in [6.07, 6.45) is 1.18.